The largest absolute Gasteiger partial charge is 0.218 e. The van der Waals surface area contributed by atoms with E-state index in [0.717, 1.165) is 0 Å². The van der Waals surface area contributed by atoms with E-state index in [1.54, 1.807) is 0 Å². The lowest BCUT2D eigenvalue weighted by Gasteiger charge is -2.30. The van der Waals surface area contributed by atoms with Crippen LogP contribution in [0.1, 0.15) is 34.6 Å². The topological polar surface area (TPSA) is 7.76 Å². The molecule has 0 amide bonds. The molecule has 0 saturated carbocycles. The van der Waals surface area contributed by atoms with Crippen molar-refractivity contribution in [3.05, 3.63) is 138 Å². The van der Waals surface area contributed by atoms with Crippen LogP contribution in [0.4, 0.5) is 0 Å². The van der Waals surface area contributed by atoms with Crippen LogP contribution in [0, 0.1) is 6.92 Å². The molecule has 3 unspecified atom stereocenters. The molecule has 3 aliphatic rings. The minimum absolute atomic E-state index is 0.287. The Morgan fingerprint density at radius 3 is 2.17 bits per heavy atom. The van der Waals surface area contributed by atoms with Crippen molar-refractivity contribution in [1.29, 1.82) is 0 Å². The molecule has 0 N–H and O–H groups in total. The highest BCUT2D eigenvalue weighted by Crippen LogP contribution is 2.55. The molecule has 0 saturated heterocycles. The summed E-state index contributed by atoms with van der Waals surface area (Å²) in [7, 11) is 0. The maximum atomic E-state index is 2.56. The second-order valence-electron chi connectivity index (χ2n) is 10.2. The molecule has 3 aromatic carbocycles. The molecule has 0 spiro atoms. The number of rotatable bonds is 1. The van der Waals surface area contributed by atoms with Gasteiger partial charge in [-0.15, -0.1) is 0 Å². The van der Waals surface area contributed by atoms with Crippen molar-refractivity contribution in [3.8, 4) is 33.6 Å². The second kappa shape index (κ2) is 7.35. The van der Waals surface area contributed by atoms with Crippen LogP contribution in [0.2, 0.25) is 0 Å². The highest BCUT2D eigenvalue weighted by Gasteiger charge is 2.56. The Labute approximate surface area is 211 Å². The summed E-state index contributed by atoms with van der Waals surface area (Å²) in [5.74, 6) is 0.593. The van der Waals surface area contributed by atoms with E-state index in [-0.39, 0.29) is 5.92 Å². The van der Waals surface area contributed by atoms with Gasteiger partial charge < -0.3 is 0 Å². The fourth-order valence-corrected chi connectivity index (χ4v) is 6.91. The first-order valence-electron chi connectivity index (χ1n) is 12.8. The number of hydrogen-bond acceptors (Lipinski definition) is 0. The monoisotopic (exact) mass is 462 g/mol. The number of pyridine rings is 2. The van der Waals surface area contributed by atoms with Gasteiger partial charge in [0.1, 0.15) is 5.92 Å². The maximum Gasteiger partial charge on any atom is 0.218 e. The highest BCUT2D eigenvalue weighted by atomic mass is 15.1. The average Bonchev–Trinajstić information content (AvgIpc) is 3.28. The Morgan fingerprint density at radius 1 is 0.639 bits per heavy atom. The van der Waals surface area contributed by atoms with E-state index in [1.165, 1.54) is 56.0 Å². The van der Waals surface area contributed by atoms with Gasteiger partial charge in [-0.25, -0.2) is 0 Å². The standard InChI is InChI=1S/C34H26N2/c1-22-19-31-25-14-6-5-13-24(25)28-20-32(36(31)21-29(22)23-11-3-2-4-12-23)33-27-16-8-7-15-26(27)30-17-9-10-18-35(30)34(28)33/h2-21,28,33-34H,1H3/q+2. The molecule has 0 fully saturated rings. The first-order valence-corrected chi connectivity index (χ1v) is 12.8. The van der Waals surface area contributed by atoms with E-state index < -0.39 is 0 Å². The minimum atomic E-state index is 0.287. The van der Waals surface area contributed by atoms with Crippen LogP contribution in [0.3, 0.4) is 0 Å². The van der Waals surface area contributed by atoms with Crippen LogP contribution in [0.25, 0.3) is 39.3 Å². The van der Waals surface area contributed by atoms with Gasteiger partial charge in [0.25, 0.3) is 0 Å². The van der Waals surface area contributed by atoms with E-state index in [1.807, 2.05) is 0 Å². The van der Waals surface area contributed by atoms with Gasteiger partial charge in [0, 0.05) is 23.8 Å². The van der Waals surface area contributed by atoms with Crippen LogP contribution >= 0.6 is 0 Å². The molecule has 1 aliphatic carbocycles. The summed E-state index contributed by atoms with van der Waals surface area (Å²) in [4.78, 5) is 0. The highest BCUT2D eigenvalue weighted by molar-refractivity contribution is 5.76. The van der Waals surface area contributed by atoms with Gasteiger partial charge in [-0.3, -0.25) is 0 Å². The molecule has 2 aliphatic heterocycles. The van der Waals surface area contributed by atoms with Crippen molar-refractivity contribution in [2.24, 2.45) is 0 Å². The molecule has 2 bridgehead atoms. The Bertz CT molecular complexity index is 1710. The molecule has 4 heterocycles. The minimum Gasteiger partial charge on any atom is -0.193 e. The first-order chi connectivity index (χ1) is 17.8. The van der Waals surface area contributed by atoms with Gasteiger partial charge in [-0.1, -0.05) is 66.7 Å². The Morgan fingerprint density at radius 2 is 1.33 bits per heavy atom. The third kappa shape index (κ3) is 2.62. The van der Waals surface area contributed by atoms with Gasteiger partial charge in [0.2, 0.25) is 11.4 Å². The quantitative estimate of drug-likeness (QED) is 0.240. The summed E-state index contributed by atoms with van der Waals surface area (Å²) in [5, 5.41) is 0. The fourth-order valence-electron chi connectivity index (χ4n) is 6.91. The zero-order valence-corrected chi connectivity index (χ0v) is 20.2. The molecule has 2 heteroatoms. The van der Waals surface area contributed by atoms with Crippen LogP contribution < -0.4 is 9.13 Å². The predicted octanol–water partition coefficient (Wildman–Crippen LogP) is 6.86. The fraction of sp³-hybridized carbons (Fsp3) is 0.118. The molecule has 8 rings (SSSR count). The van der Waals surface area contributed by atoms with Crippen molar-refractivity contribution >= 4 is 5.70 Å². The van der Waals surface area contributed by atoms with Crippen molar-refractivity contribution in [2.75, 3.05) is 0 Å². The predicted molar refractivity (Wildman–Crippen MR) is 143 cm³/mol. The molecule has 2 aromatic heterocycles. The molecule has 5 aromatic rings. The Balaban J connectivity index is 1.45. The van der Waals surface area contributed by atoms with Crippen LogP contribution in [0.15, 0.2) is 122 Å². The molecule has 3 atom stereocenters. The van der Waals surface area contributed by atoms with Crippen molar-refractivity contribution in [1.82, 2.24) is 0 Å². The molecule has 2 nitrogen and oxygen atoms in total. The summed E-state index contributed by atoms with van der Waals surface area (Å²) in [6, 6.07) is 38.2. The van der Waals surface area contributed by atoms with Gasteiger partial charge in [-0.2, -0.15) is 9.13 Å². The van der Waals surface area contributed by atoms with E-state index in [0.29, 0.717) is 12.0 Å². The summed E-state index contributed by atoms with van der Waals surface area (Å²) in [6.07, 6.45) is 7.23. The van der Waals surface area contributed by atoms with Crippen LogP contribution in [-0.4, -0.2) is 0 Å². The summed E-state index contributed by atoms with van der Waals surface area (Å²) >= 11 is 0. The SMILES string of the molecule is Cc1cc2[n+](cc1-c1ccccc1)C1=CC(c3ccccc3-2)C2C1c1ccccc1-c1cccc[n+]12. The third-order valence-electron chi connectivity index (χ3n) is 8.42. The number of fused-ring (bicyclic) bond motifs is 8. The number of nitrogens with zero attached hydrogens (tertiary/aromatic N) is 2. The van der Waals surface area contributed by atoms with Gasteiger partial charge in [0.15, 0.2) is 24.1 Å². The number of allylic oxidation sites excluding steroid dienone is 2. The molecule has 170 valence electrons. The molecular weight excluding hydrogens is 436 g/mol. The molecule has 36 heavy (non-hydrogen) atoms. The van der Waals surface area contributed by atoms with Crippen molar-refractivity contribution < 1.29 is 9.13 Å². The lowest BCUT2D eigenvalue weighted by molar-refractivity contribution is -0.719. The second-order valence-corrected chi connectivity index (χ2v) is 10.2. The van der Waals surface area contributed by atoms with Gasteiger partial charge >= 0.3 is 0 Å². The van der Waals surface area contributed by atoms with Crippen molar-refractivity contribution in [3.63, 3.8) is 0 Å². The van der Waals surface area contributed by atoms with Gasteiger partial charge in [-0.05, 0) is 53.5 Å². The summed E-state index contributed by atoms with van der Waals surface area (Å²) in [6.45, 7) is 2.24. The van der Waals surface area contributed by atoms with E-state index in [4.69, 9.17) is 0 Å². The number of benzene rings is 3. The van der Waals surface area contributed by atoms with Crippen molar-refractivity contribution in [2.45, 2.75) is 24.8 Å². The number of aromatic nitrogens is 2. The van der Waals surface area contributed by atoms with Crippen LogP contribution in [-0.2, 0) is 0 Å². The molecular formula is C34H26N2+2. The molecule has 0 radical (unpaired) electrons. The number of aryl methyl sites for hydroxylation is 1. The Hall–Kier alpha value is -4.30. The average molecular weight is 463 g/mol. The normalized spacial score (nSPS) is 20.2. The van der Waals surface area contributed by atoms with E-state index in [2.05, 4.69) is 138 Å². The Kier molecular flexibility index (Phi) is 4.07. The van der Waals surface area contributed by atoms with Crippen LogP contribution in [0.5, 0.6) is 0 Å². The lowest BCUT2D eigenvalue weighted by Crippen LogP contribution is -2.50. The van der Waals surface area contributed by atoms with E-state index >= 15 is 0 Å². The third-order valence-corrected chi connectivity index (χ3v) is 8.42. The van der Waals surface area contributed by atoms with Gasteiger partial charge in [0.05, 0.1) is 17.0 Å². The number of hydrogen-bond donors (Lipinski definition) is 0. The summed E-state index contributed by atoms with van der Waals surface area (Å²) < 4.78 is 5.04. The van der Waals surface area contributed by atoms with E-state index in [9.17, 15) is 0 Å². The maximum absolute atomic E-state index is 2.56. The lowest BCUT2D eigenvalue weighted by atomic mass is 9.77. The smallest absolute Gasteiger partial charge is 0.193 e. The zero-order chi connectivity index (χ0) is 23.8. The first kappa shape index (κ1) is 19.9. The summed E-state index contributed by atoms with van der Waals surface area (Å²) in [5.41, 5.74) is 13.4. The zero-order valence-electron chi connectivity index (χ0n) is 20.2.